The molecular weight excluding hydrogens is 262 g/mol. The number of aryl methyl sites for hydroxylation is 1. The molecule has 2 atom stereocenters. The van der Waals surface area contributed by atoms with Crippen molar-refractivity contribution in [1.82, 2.24) is 19.7 Å². The lowest BCUT2D eigenvalue weighted by atomic mass is 9.98. The lowest BCUT2D eigenvalue weighted by Gasteiger charge is -2.18. The van der Waals surface area contributed by atoms with Crippen LogP contribution < -0.4 is 5.32 Å². The van der Waals surface area contributed by atoms with Crippen molar-refractivity contribution < 1.29 is 0 Å². The lowest BCUT2D eigenvalue weighted by Crippen LogP contribution is -2.20. The quantitative estimate of drug-likeness (QED) is 0.874. The summed E-state index contributed by atoms with van der Waals surface area (Å²) in [7, 11) is 1.89. The van der Waals surface area contributed by atoms with Crippen molar-refractivity contribution in [3.63, 3.8) is 0 Å². The van der Waals surface area contributed by atoms with Crippen LogP contribution in [0.25, 0.3) is 11.0 Å². The highest BCUT2D eigenvalue weighted by atomic mass is 35.5. The van der Waals surface area contributed by atoms with Gasteiger partial charge in [0.15, 0.2) is 5.65 Å². The van der Waals surface area contributed by atoms with Crippen molar-refractivity contribution in [2.75, 3.05) is 17.7 Å². The molecular formula is C13H18ClN5. The highest BCUT2D eigenvalue weighted by Crippen LogP contribution is 2.32. The molecule has 6 heteroatoms. The first-order chi connectivity index (χ1) is 9.29. The predicted octanol–water partition coefficient (Wildman–Crippen LogP) is 2.43. The summed E-state index contributed by atoms with van der Waals surface area (Å²) in [6.07, 6.45) is 7.19. The van der Waals surface area contributed by atoms with E-state index in [9.17, 15) is 0 Å². The predicted molar refractivity (Wildman–Crippen MR) is 76.3 cm³/mol. The van der Waals surface area contributed by atoms with Gasteiger partial charge in [0.05, 0.1) is 11.6 Å². The third-order valence-corrected chi connectivity index (χ3v) is 4.47. The van der Waals surface area contributed by atoms with Gasteiger partial charge in [0.1, 0.15) is 12.1 Å². The van der Waals surface area contributed by atoms with Crippen LogP contribution in [0.3, 0.4) is 0 Å². The van der Waals surface area contributed by atoms with Gasteiger partial charge in [-0.05, 0) is 24.7 Å². The second-order valence-electron chi connectivity index (χ2n) is 5.21. The number of nitrogens with one attached hydrogen (secondary N) is 1. The molecule has 19 heavy (non-hydrogen) atoms. The molecule has 2 heterocycles. The normalized spacial score (nSPS) is 23.1. The Morgan fingerprint density at radius 2 is 2.21 bits per heavy atom. The molecule has 0 aliphatic heterocycles. The van der Waals surface area contributed by atoms with Gasteiger partial charge in [0, 0.05) is 19.5 Å². The average Bonchev–Trinajstić information content (AvgIpc) is 3.03. The molecule has 0 bridgehead atoms. The van der Waals surface area contributed by atoms with Gasteiger partial charge in [-0.3, -0.25) is 4.68 Å². The zero-order valence-electron chi connectivity index (χ0n) is 11.0. The van der Waals surface area contributed by atoms with Gasteiger partial charge in [-0.1, -0.05) is 6.42 Å². The molecule has 3 rings (SSSR count). The molecule has 1 fully saturated rings. The smallest absolute Gasteiger partial charge is 0.163 e. The van der Waals surface area contributed by atoms with Crippen molar-refractivity contribution in [1.29, 1.82) is 0 Å². The Hall–Kier alpha value is -1.36. The summed E-state index contributed by atoms with van der Waals surface area (Å²) >= 11 is 6.02. The van der Waals surface area contributed by atoms with E-state index in [0.717, 1.165) is 29.3 Å². The summed E-state index contributed by atoms with van der Waals surface area (Å²) in [6.45, 7) is 0.929. The Balaban J connectivity index is 1.75. The fourth-order valence-electron chi connectivity index (χ4n) is 2.92. The SMILES string of the molecule is Cn1ncc2c(NCC3CCCC3CCl)ncnc21. The van der Waals surface area contributed by atoms with Gasteiger partial charge in [-0.2, -0.15) is 5.10 Å². The maximum atomic E-state index is 6.02. The molecule has 0 spiro atoms. The molecule has 0 aromatic carbocycles. The summed E-state index contributed by atoms with van der Waals surface area (Å²) in [6, 6.07) is 0. The monoisotopic (exact) mass is 279 g/mol. The number of nitrogens with zero attached hydrogens (tertiary/aromatic N) is 4. The maximum absolute atomic E-state index is 6.02. The van der Waals surface area contributed by atoms with E-state index >= 15 is 0 Å². The van der Waals surface area contributed by atoms with Crippen LogP contribution in [0, 0.1) is 11.8 Å². The molecule has 1 N–H and O–H groups in total. The minimum atomic E-state index is 0.639. The largest absolute Gasteiger partial charge is 0.369 e. The van der Waals surface area contributed by atoms with E-state index in [0.29, 0.717) is 11.8 Å². The van der Waals surface area contributed by atoms with Crippen LogP contribution in [-0.4, -0.2) is 32.2 Å². The lowest BCUT2D eigenvalue weighted by molar-refractivity contribution is 0.444. The Labute approximate surface area is 117 Å². The Morgan fingerprint density at radius 1 is 1.37 bits per heavy atom. The van der Waals surface area contributed by atoms with E-state index in [-0.39, 0.29) is 0 Å². The first kappa shape index (κ1) is 12.7. The standard InChI is InChI=1S/C13H18ClN5/c1-19-13-11(7-18-19)12(16-8-17-13)15-6-10-4-2-3-9(10)5-14/h7-10H,2-6H2,1H3,(H,15,16,17). The molecule has 1 aliphatic carbocycles. The first-order valence-corrected chi connectivity index (χ1v) is 7.25. The average molecular weight is 280 g/mol. The number of hydrogen-bond donors (Lipinski definition) is 1. The number of aromatic nitrogens is 4. The Bertz CT molecular complexity index is 567. The van der Waals surface area contributed by atoms with Gasteiger partial charge in [0.25, 0.3) is 0 Å². The zero-order chi connectivity index (χ0) is 13.2. The van der Waals surface area contributed by atoms with E-state index in [4.69, 9.17) is 11.6 Å². The van der Waals surface area contributed by atoms with E-state index < -0.39 is 0 Å². The molecule has 1 aliphatic rings. The van der Waals surface area contributed by atoms with E-state index in [2.05, 4.69) is 20.4 Å². The van der Waals surface area contributed by atoms with E-state index in [1.165, 1.54) is 19.3 Å². The van der Waals surface area contributed by atoms with Crippen LogP contribution in [0.2, 0.25) is 0 Å². The molecule has 2 unspecified atom stereocenters. The van der Waals surface area contributed by atoms with Gasteiger partial charge in [-0.25, -0.2) is 9.97 Å². The van der Waals surface area contributed by atoms with Crippen LogP contribution in [0.15, 0.2) is 12.5 Å². The van der Waals surface area contributed by atoms with Crippen LogP contribution in [-0.2, 0) is 7.05 Å². The van der Waals surface area contributed by atoms with Crippen LogP contribution >= 0.6 is 11.6 Å². The second kappa shape index (κ2) is 5.33. The number of fused-ring (bicyclic) bond motifs is 1. The topological polar surface area (TPSA) is 55.6 Å². The van der Waals surface area contributed by atoms with E-state index in [1.807, 2.05) is 13.2 Å². The number of hydrogen-bond acceptors (Lipinski definition) is 4. The van der Waals surface area contributed by atoms with Crippen molar-refractivity contribution in [3.8, 4) is 0 Å². The van der Waals surface area contributed by atoms with Crippen molar-refractivity contribution in [3.05, 3.63) is 12.5 Å². The highest BCUT2D eigenvalue weighted by Gasteiger charge is 2.26. The molecule has 2 aromatic heterocycles. The van der Waals surface area contributed by atoms with Gasteiger partial charge in [-0.15, -0.1) is 11.6 Å². The van der Waals surface area contributed by atoms with Gasteiger partial charge < -0.3 is 5.32 Å². The fraction of sp³-hybridized carbons (Fsp3) is 0.615. The summed E-state index contributed by atoms with van der Waals surface area (Å²) in [5.74, 6) is 2.93. The number of halogens is 1. The van der Waals surface area contributed by atoms with Crippen molar-refractivity contribution in [2.45, 2.75) is 19.3 Å². The van der Waals surface area contributed by atoms with Crippen LogP contribution in [0.1, 0.15) is 19.3 Å². The summed E-state index contributed by atoms with van der Waals surface area (Å²) < 4.78 is 1.76. The number of alkyl halides is 1. The summed E-state index contributed by atoms with van der Waals surface area (Å²) in [5.41, 5.74) is 0.859. The van der Waals surface area contributed by atoms with E-state index in [1.54, 1.807) is 11.0 Å². The third-order valence-electron chi connectivity index (χ3n) is 4.08. The first-order valence-electron chi connectivity index (χ1n) is 6.72. The number of anilines is 1. The summed E-state index contributed by atoms with van der Waals surface area (Å²) in [5, 5.41) is 8.64. The van der Waals surface area contributed by atoms with Crippen LogP contribution in [0.4, 0.5) is 5.82 Å². The fourth-order valence-corrected chi connectivity index (χ4v) is 3.32. The summed E-state index contributed by atoms with van der Waals surface area (Å²) in [4.78, 5) is 8.56. The maximum Gasteiger partial charge on any atom is 0.163 e. The molecule has 0 radical (unpaired) electrons. The van der Waals surface area contributed by atoms with Crippen molar-refractivity contribution >= 4 is 28.5 Å². The highest BCUT2D eigenvalue weighted by molar-refractivity contribution is 6.18. The van der Waals surface area contributed by atoms with Gasteiger partial charge >= 0.3 is 0 Å². The molecule has 1 saturated carbocycles. The molecule has 0 amide bonds. The second-order valence-corrected chi connectivity index (χ2v) is 5.52. The Kier molecular flexibility index (Phi) is 3.55. The zero-order valence-corrected chi connectivity index (χ0v) is 11.8. The molecule has 2 aromatic rings. The molecule has 5 nitrogen and oxygen atoms in total. The Morgan fingerprint density at radius 3 is 3.05 bits per heavy atom. The van der Waals surface area contributed by atoms with Crippen LogP contribution in [0.5, 0.6) is 0 Å². The molecule has 0 saturated heterocycles. The van der Waals surface area contributed by atoms with Gasteiger partial charge in [0.2, 0.25) is 0 Å². The van der Waals surface area contributed by atoms with Crippen molar-refractivity contribution in [2.24, 2.45) is 18.9 Å². The minimum Gasteiger partial charge on any atom is -0.369 e. The third kappa shape index (κ3) is 2.39. The molecule has 102 valence electrons. The minimum absolute atomic E-state index is 0.639. The number of rotatable bonds is 4.